The Hall–Kier alpha value is -7.30. The number of rotatable bonds is 17. The Labute approximate surface area is 429 Å². The first-order chi connectivity index (χ1) is 35.0. The van der Waals surface area contributed by atoms with Gasteiger partial charge in [-0.05, 0) is 187 Å². The van der Waals surface area contributed by atoms with Gasteiger partial charge in [-0.15, -0.1) is 0 Å². The number of nitrogens with one attached hydrogen (secondary N) is 2. The van der Waals surface area contributed by atoms with Crippen molar-refractivity contribution in [2.24, 2.45) is 0 Å². The number of fused-ring (bicyclic) bond motifs is 7. The molecule has 3 heterocycles. The highest BCUT2D eigenvalue weighted by molar-refractivity contribution is 7.22. The van der Waals surface area contributed by atoms with Gasteiger partial charge in [0.05, 0.1) is 21.8 Å². The molecular formula is C62H66N6O3S. The van der Waals surface area contributed by atoms with Gasteiger partial charge in [0, 0.05) is 90.5 Å². The van der Waals surface area contributed by atoms with E-state index in [1.165, 1.54) is 49.5 Å². The first kappa shape index (κ1) is 48.3. The van der Waals surface area contributed by atoms with E-state index >= 15 is 0 Å². The van der Waals surface area contributed by atoms with E-state index in [1.54, 1.807) is 11.3 Å². The van der Waals surface area contributed by atoms with Crippen LogP contribution in [-0.4, -0.2) is 50.2 Å². The number of carbonyl (C=O) groups is 1. The summed E-state index contributed by atoms with van der Waals surface area (Å²) in [5, 5.41) is 8.55. The van der Waals surface area contributed by atoms with Crippen LogP contribution in [0.1, 0.15) is 107 Å². The molecule has 10 rings (SSSR count). The SMILES string of the molecule is CCN(CC)c1ccc(C(Nc2nc3ccccc3s2)c2ccc(N(CC)CCc3ccc(Nc4cc5c(cc4C)Oc4cc(N(CC)CC)ccc4C54OC(=O)c5ccccc54)cc3C)cc2C)c(C)c1. The van der Waals surface area contributed by atoms with Crippen LogP contribution in [-0.2, 0) is 16.8 Å². The van der Waals surface area contributed by atoms with Crippen molar-refractivity contribution in [2.75, 3.05) is 64.6 Å². The van der Waals surface area contributed by atoms with Gasteiger partial charge in [0.2, 0.25) is 0 Å². The number of esters is 1. The fourth-order valence-corrected chi connectivity index (χ4v) is 11.9. The van der Waals surface area contributed by atoms with Crippen molar-refractivity contribution in [3.05, 3.63) is 195 Å². The molecule has 2 N–H and O–H groups in total. The normalized spacial score (nSPS) is 14.8. The van der Waals surface area contributed by atoms with E-state index in [0.29, 0.717) is 17.1 Å². The van der Waals surface area contributed by atoms with Crippen molar-refractivity contribution in [1.29, 1.82) is 0 Å². The minimum atomic E-state index is -1.15. The van der Waals surface area contributed by atoms with Crippen molar-refractivity contribution >= 4 is 61.1 Å². The van der Waals surface area contributed by atoms with Crippen LogP contribution in [0.25, 0.3) is 10.2 Å². The maximum Gasteiger partial charge on any atom is 0.340 e. The van der Waals surface area contributed by atoms with Crippen LogP contribution >= 0.6 is 11.3 Å². The maximum absolute atomic E-state index is 13.7. The highest BCUT2D eigenvalue weighted by Gasteiger charge is 2.53. The Morgan fingerprint density at radius 3 is 1.89 bits per heavy atom. The van der Waals surface area contributed by atoms with Crippen LogP contribution in [0, 0.1) is 27.7 Å². The van der Waals surface area contributed by atoms with E-state index in [4.69, 9.17) is 14.5 Å². The van der Waals surface area contributed by atoms with Crippen LogP contribution in [0.15, 0.2) is 133 Å². The minimum absolute atomic E-state index is 0.0745. The monoisotopic (exact) mass is 974 g/mol. The van der Waals surface area contributed by atoms with Crippen LogP contribution in [0.2, 0.25) is 0 Å². The van der Waals surface area contributed by atoms with E-state index in [0.717, 1.165) is 95.7 Å². The van der Waals surface area contributed by atoms with Gasteiger partial charge >= 0.3 is 5.97 Å². The highest BCUT2D eigenvalue weighted by Crippen LogP contribution is 2.57. The average molecular weight is 975 g/mol. The first-order valence-corrected chi connectivity index (χ1v) is 26.5. The Balaban J connectivity index is 0.889. The lowest BCUT2D eigenvalue weighted by Crippen LogP contribution is -2.33. The number of likely N-dealkylation sites (N-methyl/N-ethyl adjacent to an activating group) is 1. The Morgan fingerprint density at radius 2 is 1.22 bits per heavy atom. The summed E-state index contributed by atoms with van der Waals surface area (Å²) in [5.74, 6) is 1.04. The lowest BCUT2D eigenvalue weighted by atomic mass is 9.77. The number of hydrogen-bond acceptors (Lipinski definition) is 10. The number of aromatic nitrogens is 1. The molecule has 9 nitrogen and oxygen atoms in total. The van der Waals surface area contributed by atoms with Gasteiger partial charge in [-0.3, -0.25) is 0 Å². The molecular weight excluding hydrogens is 909 g/mol. The number of anilines is 6. The van der Waals surface area contributed by atoms with Crippen LogP contribution in [0.4, 0.5) is 33.6 Å². The van der Waals surface area contributed by atoms with Gasteiger partial charge in [-0.2, -0.15) is 0 Å². The van der Waals surface area contributed by atoms with E-state index in [-0.39, 0.29) is 12.0 Å². The molecule has 368 valence electrons. The summed E-state index contributed by atoms with van der Waals surface area (Å²) >= 11 is 1.70. The zero-order chi connectivity index (χ0) is 50.3. The third kappa shape index (κ3) is 8.80. The molecule has 0 radical (unpaired) electrons. The molecule has 0 saturated heterocycles. The lowest BCUT2D eigenvalue weighted by Gasteiger charge is -2.37. The molecule has 2 unspecified atom stereocenters. The number of nitrogens with zero attached hydrogens (tertiary/aromatic N) is 4. The molecule has 0 saturated carbocycles. The fraction of sp³-hybridized carbons (Fsp3) is 0.290. The number of para-hydroxylation sites is 1. The van der Waals surface area contributed by atoms with Gasteiger partial charge < -0.3 is 34.8 Å². The summed E-state index contributed by atoms with van der Waals surface area (Å²) in [6, 6.07) is 47.0. The summed E-state index contributed by atoms with van der Waals surface area (Å²) in [4.78, 5) is 25.9. The second-order valence-electron chi connectivity index (χ2n) is 19.1. The average Bonchev–Trinajstić information content (AvgIpc) is 3.93. The molecule has 0 aliphatic carbocycles. The number of thiazole rings is 1. The molecule has 10 heteroatoms. The van der Waals surface area contributed by atoms with Crippen molar-refractivity contribution < 1.29 is 14.3 Å². The van der Waals surface area contributed by atoms with Crippen molar-refractivity contribution in [1.82, 2.24) is 4.98 Å². The fourth-order valence-electron chi connectivity index (χ4n) is 11.0. The first-order valence-electron chi connectivity index (χ1n) is 25.7. The van der Waals surface area contributed by atoms with Crippen molar-refractivity contribution in [3.8, 4) is 11.5 Å². The molecule has 2 aliphatic rings. The third-order valence-electron chi connectivity index (χ3n) is 15.0. The third-order valence-corrected chi connectivity index (χ3v) is 16.0. The zero-order valence-electron chi connectivity index (χ0n) is 43.2. The van der Waals surface area contributed by atoms with E-state index in [9.17, 15) is 4.79 Å². The second kappa shape index (κ2) is 20.1. The summed E-state index contributed by atoms with van der Waals surface area (Å²) in [6.07, 6.45) is 0.901. The van der Waals surface area contributed by atoms with Crippen LogP contribution < -0.4 is 30.1 Å². The zero-order valence-corrected chi connectivity index (χ0v) is 44.0. The molecule has 0 amide bonds. The summed E-state index contributed by atoms with van der Waals surface area (Å²) in [6.45, 7) is 25.2. The lowest BCUT2D eigenvalue weighted by molar-refractivity contribution is 0.0224. The van der Waals surface area contributed by atoms with E-state index in [2.05, 4.69) is 197 Å². The van der Waals surface area contributed by atoms with E-state index < -0.39 is 5.60 Å². The molecule has 7 aromatic carbocycles. The highest BCUT2D eigenvalue weighted by atomic mass is 32.1. The predicted octanol–water partition coefficient (Wildman–Crippen LogP) is 14.8. The molecule has 0 bridgehead atoms. The topological polar surface area (TPSA) is 82.2 Å². The standard InChI is InChI=1S/C62H66N6O3S/c1-10-66(11-2)45-25-28-48(40(7)34-45)59(65-61-64-54-21-17-18-22-58(54)72-61)49-29-26-46(35-41(49)8)68(14-5)32-31-43-23-24-44(33-39(43)6)63-55-38-53-56(36-42(55)9)70-57-37-47(67(12-3)13-4)27-30-52(57)62(53)51-20-16-15-19-50(51)60(69)71-62/h15-30,33-38,59,63H,10-14,31-32H2,1-9H3,(H,64,65). The van der Waals surface area contributed by atoms with Gasteiger partial charge in [0.25, 0.3) is 0 Å². The molecule has 72 heavy (non-hydrogen) atoms. The molecule has 1 aromatic heterocycles. The molecule has 0 fully saturated rings. The molecule has 2 aliphatic heterocycles. The van der Waals surface area contributed by atoms with Gasteiger partial charge in [0.15, 0.2) is 10.7 Å². The molecule has 2 atom stereocenters. The molecule has 8 aromatic rings. The number of benzene rings is 7. The van der Waals surface area contributed by atoms with Crippen LogP contribution in [0.3, 0.4) is 0 Å². The predicted molar refractivity (Wildman–Crippen MR) is 300 cm³/mol. The van der Waals surface area contributed by atoms with Gasteiger partial charge in [0.1, 0.15) is 11.5 Å². The number of hydrogen-bond donors (Lipinski definition) is 2. The maximum atomic E-state index is 13.7. The summed E-state index contributed by atoms with van der Waals surface area (Å²) < 4.78 is 14.5. The summed E-state index contributed by atoms with van der Waals surface area (Å²) in [7, 11) is 0. The molecule has 1 spiro atoms. The van der Waals surface area contributed by atoms with Crippen molar-refractivity contribution in [2.45, 2.75) is 80.4 Å². The largest absolute Gasteiger partial charge is 0.456 e. The van der Waals surface area contributed by atoms with Gasteiger partial charge in [-0.25, -0.2) is 9.78 Å². The van der Waals surface area contributed by atoms with Crippen LogP contribution in [0.5, 0.6) is 11.5 Å². The quantitative estimate of drug-likeness (QED) is 0.0867. The number of ether oxygens (including phenoxy) is 2. The minimum Gasteiger partial charge on any atom is -0.456 e. The number of aryl methyl sites for hydroxylation is 4. The van der Waals surface area contributed by atoms with Crippen molar-refractivity contribution in [3.63, 3.8) is 0 Å². The number of carbonyl (C=O) groups excluding carboxylic acids is 1. The smallest absolute Gasteiger partial charge is 0.340 e. The second-order valence-corrected chi connectivity index (χ2v) is 20.2. The van der Waals surface area contributed by atoms with Gasteiger partial charge in [-0.1, -0.05) is 59.9 Å². The Bertz CT molecular complexity index is 3290. The Kier molecular flexibility index (Phi) is 13.5. The Morgan fingerprint density at radius 1 is 0.597 bits per heavy atom. The summed E-state index contributed by atoms with van der Waals surface area (Å²) in [5.41, 5.74) is 16.9. The van der Waals surface area contributed by atoms with E-state index in [1.807, 2.05) is 24.3 Å².